The Morgan fingerprint density at radius 2 is 1.56 bits per heavy atom. The van der Waals surface area contributed by atoms with Crippen LogP contribution in [-0.4, -0.2) is 17.0 Å². The highest BCUT2D eigenvalue weighted by Crippen LogP contribution is 2.57. The summed E-state index contributed by atoms with van der Waals surface area (Å²) in [6, 6.07) is 0. The van der Waals surface area contributed by atoms with E-state index in [1.54, 1.807) is 0 Å². The van der Waals surface area contributed by atoms with Gasteiger partial charge in [0.1, 0.15) is 5.92 Å². The molecule has 0 spiro atoms. The van der Waals surface area contributed by atoms with E-state index in [0.29, 0.717) is 24.2 Å². The number of primary amides is 1. The van der Waals surface area contributed by atoms with E-state index in [9.17, 15) is 9.59 Å². The van der Waals surface area contributed by atoms with Crippen LogP contribution in [0.25, 0.3) is 0 Å². The predicted molar refractivity (Wildman–Crippen MR) is 65.5 cm³/mol. The molecule has 1 amide bonds. The Balaban J connectivity index is 1.73. The fraction of sp³-hybridized carbons (Fsp3) is 0.857. The number of rotatable bonds is 4. The van der Waals surface area contributed by atoms with Crippen LogP contribution in [0.4, 0.5) is 0 Å². The van der Waals surface area contributed by atoms with E-state index in [-0.39, 0.29) is 0 Å². The zero-order chi connectivity index (χ0) is 12.9. The molecular weight excluding hydrogens is 230 g/mol. The normalized spacial score (nSPS) is 42.8. The van der Waals surface area contributed by atoms with Crippen molar-refractivity contribution in [1.82, 2.24) is 0 Å². The molecule has 3 N–H and O–H groups in total. The van der Waals surface area contributed by atoms with Crippen LogP contribution in [0.5, 0.6) is 0 Å². The van der Waals surface area contributed by atoms with E-state index in [1.807, 2.05) is 0 Å². The van der Waals surface area contributed by atoms with Crippen LogP contribution in [0.1, 0.15) is 38.5 Å². The molecule has 4 fully saturated rings. The zero-order valence-electron chi connectivity index (χ0n) is 10.5. The molecular formula is C14H21NO3. The minimum atomic E-state index is -1.05. The van der Waals surface area contributed by atoms with Crippen molar-refractivity contribution in [2.45, 2.75) is 38.5 Å². The van der Waals surface area contributed by atoms with Crippen molar-refractivity contribution in [3.8, 4) is 0 Å². The zero-order valence-corrected chi connectivity index (χ0v) is 10.5. The van der Waals surface area contributed by atoms with E-state index in [1.165, 1.54) is 32.1 Å². The quantitative estimate of drug-likeness (QED) is 0.745. The summed E-state index contributed by atoms with van der Waals surface area (Å²) in [6.07, 6.45) is 6.87. The van der Waals surface area contributed by atoms with Crippen molar-refractivity contribution < 1.29 is 14.7 Å². The molecule has 4 saturated carbocycles. The van der Waals surface area contributed by atoms with Crippen LogP contribution >= 0.6 is 0 Å². The Morgan fingerprint density at radius 3 is 1.94 bits per heavy atom. The lowest BCUT2D eigenvalue weighted by molar-refractivity contribution is -0.148. The van der Waals surface area contributed by atoms with Crippen LogP contribution in [0.2, 0.25) is 0 Å². The number of hydrogen-bond acceptors (Lipinski definition) is 2. The smallest absolute Gasteiger partial charge is 0.316 e. The second-order valence-corrected chi connectivity index (χ2v) is 6.62. The van der Waals surface area contributed by atoms with Gasteiger partial charge in [-0.05, 0) is 68.1 Å². The summed E-state index contributed by atoms with van der Waals surface area (Å²) in [5.41, 5.74) is 5.22. The van der Waals surface area contributed by atoms with Crippen LogP contribution in [-0.2, 0) is 9.59 Å². The fourth-order valence-corrected chi connectivity index (χ4v) is 5.03. The van der Waals surface area contributed by atoms with Gasteiger partial charge in [0.05, 0.1) is 0 Å². The van der Waals surface area contributed by atoms with Gasteiger partial charge >= 0.3 is 5.97 Å². The Bertz CT molecular complexity index is 337. The minimum Gasteiger partial charge on any atom is -0.481 e. The number of carbonyl (C=O) groups excluding carboxylic acids is 1. The molecule has 0 aromatic rings. The highest BCUT2D eigenvalue weighted by Gasteiger charge is 2.49. The lowest BCUT2D eigenvalue weighted by Gasteiger charge is -2.54. The Morgan fingerprint density at radius 1 is 1.06 bits per heavy atom. The second-order valence-electron chi connectivity index (χ2n) is 6.62. The molecule has 0 aliphatic heterocycles. The number of amides is 1. The van der Waals surface area contributed by atoms with Crippen LogP contribution in [0.15, 0.2) is 0 Å². The number of hydrogen-bond donors (Lipinski definition) is 2. The average molecular weight is 251 g/mol. The Kier molecular flexibility index (Phi) is 2.83. The predicted octanol–water partition coefficient (Wildman–Crippen LogP) is 1.63. The molecule has 0 saturated heterocycles. The maximum Gasteiger partial charge on any atom is 0.316 e. The van der Waals surface area contributed by atoms with Gasteiger partial charge in [-0.3, -0.25) is 9.59 Å². The van der Waals surface area contributed by atoms with E-state index >= 15 is 0 Å². The van der Waals surface area contributed by atoms with Crippen molar-refractivity contribution in [2.75, 3.05) is 0 Å². The van der Waals surface area contributed by atoms with Crippen molar-refractivity contribution in [3.63, 3.8) is 0 Å². The first kappa shape index (κ1) is 12.0. The van der Waals surface area contributed by atoms with Gasteiger partial charge in [0.15, 0.2) is 0 Å². The van der Waals surface area contributed by atoms with E-state index < -0.39 is 17.8 Å². The molecule has 18 heavy (non-hydrogen) atoms. The summed E-state index contributed by atoms with van der Waals surface area (Å²) < 4.78 is 0. The number of aliphatic carboxylic acids is 1. The highest BCUT2D eigenvalue weighted by atomic mass is 16.4. The van der Waals surface area contributed by atoms with Gasteiger partial charge in [-0.2, -0.15) is 0 Å². The first-order valence-corrected chi connectivity index (χ1v) is 7.06. The molecule has 4 nitrogen and oxygen atoms in total. The fourth-order valence-electron chi connectivity index (χ4n) is 5.03. The van der Waals surface area contributed by atoms with Crippen molar-refractivity contribution in [2.24, 2.45) is 41.2 Å². The first-order chi connectivity index (χ1) is 8.54. The third-order valence-corrected chi connectivity index (χ3v) is 5.57. The van der Waals surface area contributed by atoms with Crippen LogP contribution in [0.3, 0.4) is 0 Å². The van der Waals surface area contributed by atoms with Gasteiger partial charge < -0.3 is 10.8 Å². The number of carboxylic acids is 1. The molecule has 1 unspecified atom stereocenters. The van der Waals surface area contributed by atoms with Gasteiger partial charge in [0.25, 0.3) is 0 Å². The molecule has 4 aliphatic carbocycles. The third-order valence-electron chi connectivity index (χ3n) is 5.57. The second kappa shape index (κ2) is 4.25. The molecule has 0 aromatic heterocycles. The largest absolute Gasteiger partial charge is 0.481 e. The maximum atomic E-state index is 11.2. The van der Waals surface area contributed by atoms with E-state index in [4.69, 9.17) is 10.8 Å². The summed E-state index contributed by atoms with van der Waals surface area (Å²) in [5.74, 6) is 0.789. The summed E-state index contributed by atoms with van der Waals surface area (Å²) in [6.45, 7) is 0. The molecule has 100 valence electrons. The third kappa shape index (κ3) is 1.91. The molecule has 1 atom stereocenters. The molecule has 4 rings (SSSR count). The van der Waals surface area contributed by atoms with Crippen molar-refractivity contribution >= 4 is 11.9 Å². The Hall–Kier alpha value is -1.06. The molecule has 0 heterocycles. The molecule has 4 bridgehead atoms. The standard InChI is InChI=1S/C14H21NO3/c15-13(16)12(14(17)18)6-11-9-2-7-1-8(4-9)5-10(11)3-7/h7-12H,1-6H2,(H2,15,16)(H,17,18). The SMILES string of the molecule is NC(=O)C(CC1C2CC3CC(C2)CC1C3)C(=O)O. The molecule has 0 aromatic carbocycles. The number of carboxylic acid groups (broad SMARTS) is 1. The van der Waals surface area contributed by atoms with Gasteiger partial charge in [0, 0.05) is 0 Å². The van der Waals surface area contributed by atoms with E-state index in [2.05, 4.69) is 0 Å². The van der Waals surface area contributed by atoms with Gasteiger partial charge in [0.2, 0.25) is 5.91 Å². The average Bonchev–Trinajstić information content (AvgIpc) is 2.25. The summed E-state index contributed by atoms with van der Waals surface area (Å²) in [7, 11) is 0. The van der Waals surface area contributed by atoms with Crippen LogP contribution < -0.4 is 5.73 Å². The first-order valence-electron chi connectivity index (χ1n) is 7.06. The highest BCUT2D eigenvalue weighted by molar-refractivity contribution is 5.95. The monoisotopic (exact) mass is 251 g/mol. The maximum absolute atomic E-state index is 11.2. The lowest BCUT2D eigenvalue weighted by Crippen LogP contribution is -2.47. The molecule has 4 aliphatic rings. The summed E-state index contributed by atoms with van der Waals surface area (Å²) in [5, 5.41) is 9.10. The van der Waals surface area contributed by atoms with Gasteiger partial charge in [-0.1, -0.05) is 0 Å². The topological polar surface area (TPSA) is 80.4 Å². The van der Waals surface area contributed by atoms with E-state index in [0.717, 1.165) is 11.8 Å². The van der Waals surface area contributed by atoms with Gasteiger partial charge in [-0.15, -0.1) is 0 Å². The summed E-state index contributed by atoms with van der Waals surface area (Å²) >= 11 is 0. The van der Waals surface area contributed by atoms with Crippen LogP contribution in [0, 0.1) is 35.5 Å². The minimum absolute atomic E-state index is 0.423. The number of carbonyl (C=O) groups is 2. The molecule has 4 heteroatoms. The lowest BCUT2D eigenvalue weighted by atomic mass is 9.51. The van der Waals surface area contributed by atoms with Crippen molar-refractivity contribution in [3.05, 3.63) is 0 Å². The number of nitrogens with two attached hydrogens (primary N) is 1. The van der Waals surface area contributed by atoms with Crippen molar-refractivity contribution in [1.29, 1.82) is 0 Å². The molecule has 0 radical (unpaired) electrons. The van der Waals surface area contributed by atoms with Gasteiger partial charge in [-0.25, -0.2) is 0 Å². The summed E-state index contributed by atoms with van der Waals surface area (Å²) in [4.78, 5) is 22.4. The Labute approximate surface area is 107 Å².